The van der Waals surface area contributed by atoms with E-state index in [0.717, 1.165) is 19.4 Å². The molecule has 0 aromatic heterocycles. The van der Waals surface area contributed by atoms with E-state index in [9.17, 15) is 0 Å². The minimum absolute atomic E-state index is 0.503. The summed E-state index contributed by atoms with van der Waals surface area (Å²) in [5.74, 6) is 0. The first kappa shape index (κ1) is 22.8. The number of hydrogen-bond donors (Lipinski definition) is 0. The van der Waals surface area contributed by atoms with Crippen molar-refractivity contribution in [1.82, 2.24) is 0 Å². The van der Waals surface area contributed by atoms with Gasteiger partial charge in [0.1, 0.15) is 0 Å². The molecular formula is C20H36OP2. The van der Waals surface area contributed by atoms with Crippen LogP contribution in [0.15, 0.2) is 46.6 Å². The molecule has 0 heterocycles. The van der Waals surface area contributed by atoms with Crippen LogP contribution in [0.2, 0.25) is 0 Å². The Morgan fingerprint density at radius 3 is 1.61 bits per heavy atom. The third-order valence-electron chi connectivity index (χ3n) is 3.75. The molecule has 0 saturated heterocycles. The smallest absolute Gasteiger partial charge is 0.0693 e. The molecular weight excluding hydrogens is 318 g/mol. The fourth-order valence-electron chi connectivity index (χ4n) is 2.22. The molecule has 1 nitrogen and oxygen atoms in total. The second-order valence-corrected chi connectivity index (χ2v) is 7.71. The van der Waals surface area contributed by atoms with Gasteiger partial charge in [-0.3, -0.25) is 0 Å². The number of rotatable bonds is 12. The molecule has 0 amide bonds. The second kappa shape index (κ2) is 15.3. The summed E-state index contributed by atoms with van der Waals surface area (Å²) < 4.78 is 5.34. The summed E-state index contributed by atoms with van der Waals surface area (Å²) in [6.07, 6.45) is 16.3. The Balaban J connectivity index is 3.93. The van der Waals surface area contributed by atoms with Crippen LogP contribution in [0.5, 0.6) is 0 Å². The quantitative estimate of drug-likeness (QED) is 0.200. The molecule has 0 aromatic carbocycles. The van der Waals surface area contributed by atoms with Gasteiger partial charge >= 0.3 is 0 Å². The Hall–Kier alpha value is -0.220. The van der Waals surface area contributed by atoms with Crippen LogP contribution >= 0.6 is 17.4 Å². The highest BCUT2D eigenvalue weighted by molar-refractivity contribution is 8.00. The zero-order valence-corrected chi connectivity index (χ0v) is 17.9. The lowest BCUT2D eigenvalue weighted by Gasteiger charge is -2.03. The summed E-state index contributed by atoms with van der Waals surface area (Å²) >= 11 is 0. The van der Waals surface area contributed by atoms with Gasteiger partial charge in [-0.1, -0.05) is 55.5 Å². The molecule has 0 aliphatic carbocycles. The SMILES string of the molecule is CC(C)=CCCC(C)=CCCC(C)=CCCC(C)=CCOPP. The van der Waals surface area contributed by atoms with E-state index in [4.69, 9.17) is 4.52 Å². The Labute approximate surface area is 148 Å². The van der Waals surface area contributed by atoms with Crippen LogP contribution in [0.1, 0.15) is 73.1 Å². The highest BCUT2D eigenvalue weighted by Gasteiger charge is 1.93. The van der Waals surface area contributed by atoms with E-state index in [-0.39, 0.29) is 0 Å². The maximum Gasteiger partial charge on any atom is 0.0693 e. The van der Waals surface area contributed by atoms with Gasteiger partial charge in [-0.15, -0.1) is 0 Å². The second-order valence-electron chi connectivity index (χ2n) is 6.48. The summed E-state index contributed by atoms with van der Waals surface area (Å²) in [4.78, 5) is 0. The van der Waals surface area contributed by atoms with E-state index < -0.39 is 0 Å². The van der Waals surface area contributed by atoms with Gasteiger partial charge in [-0.25, -0.2) is 0 Å². The van der Waals surface area contributed by atoms with Crippen LogP contribution < -0.4 is 0 Å². The lowest BCUT2D eigenvalue weighted by Crippen LogP contribution is -1.84. The van der Waals surface area contributed by atoms with Crippen molar-refractivity contribution in [2.45, 2.75) is 73.1 Å². The molecule has 0 fully saturated rings. The Kier molecular flexibility index (Phi) is 15.2. The first-order chi connectivity index (χ1) is 11.0. The van der Waals surface area contributed by atoms with Crippen molar-refractivity contribution in [3.63, 3.8) is 0 Å². The minimum atomic E-state index is 0.503. The lowest BCUT2D eigenvalue weighted by molar-refractivity contribution is 0.422. The fourth-order valence-corrected chi connectivity index (χ4v) is 2.69. The molecule has 0 aromatic rings. The highest BCUT2D eigenvalue weighted by atomic mass is 32.0. The lowest BCUT2D eigenvalue weighted by atomic mass is 10.0. The van der Waals surface area contributed by atoms with E-state index in [1.54, 1.807) is 0 Å². The fraction of sp³-hybridized carbons (Fsp3) is 0.600. The van der Waals surface area contributed by atoms with Gasteiger partial charge in [-0.2, -0.15) is 0 Å². The average Bonchev–Trinajstić information content (AvgIpc) is 2.47. The minimum Gasteiger partial charge on any atom is -0.354 e. The van der Waals surface area contributed by atoms with Crippen LogP contribution in [-0.2, 0) is 4.52 Å². The van der Waals surface area contributed by atoms with Crippen molar-refractivity contribution >= 4 is 17.4 Å². The average molecular weight is 354 g/mol. The predicted octanol–water partition coefficient (Wildman–Crippen LogP) is 7.53. The van der Waals surface area contributed by atoms with Crippen LogP contribution in [0, 0.1) is 0 Å². The summed E-state index contributed by atoms with van der Waals surface area (Å²) in [5, 5.41) is 0. The topological polar surface area (TPSA) is 9.23 Å². The van der Waals surface area contributed by atoms with Crippen molar-refractivity contribution in [2.24, 2.45) is 0 Å². The molecule has 0 saturated carbocycles. The van der Waals surface area contributed by atoms with Gasteiger partial charge < -0.3 is 4.52 Å². The van der Waals surface area contributed by atoms with Gasteiger partial charge in [0, 0.05) is 8.50 Å². The summed E-state index contributed by atoms with van der Waals surface area (Å²) in [7, 11) is 3.11. The molecule has 0 N–H and O–H groups in total. The van der Waals surface area contributed by atoms with Crippen molar-refractivity contribution in [3.05, 3.63) is 46.6 Å². The van der Waals surface area contributed by atoms with Crippen molar-refractivity contribution in [2.75, 3.05) is 6.61 Å². The first-order valence-electron chi connectivity index (χ1n) is 8.63. The molecule has 2 unspecified atom stereocenters. The molecule has 23 heavy (non-hydrogen) atoms. The Bertz CT molecular complexity index is 427. The van der Waals surface area contributed by atoms with Gasteiger partial charge in [0.2, 0.25) is 0 Å². The Morgan fingerprint density at radius 1 is 0.739 bits per heavy atom. The van der Waals surface area contributed by atoms with Crippen LogP contribution in [0.3, 0.4) is 0 Å². The Morgan fingerprint density at radius 2 is 1.17 bits per heavy atom. The van der Waals surface area contributed by atoms with Gasteiger partial charge in [-0.05, 0) is 73.1 Å². The van der Waals surface area contributed by atoms with Gasteiger partial charge in [0.25, 0.3) is 0 Å². The zero-order chi connectivity index (χ0) is 17.5. The zero-order valence-electron chi connectivity index (χ0n) is 15.7. The third kappa shape index (κ3) is 16.4. The maximum absolute atomic E-state index is 5.34. The van der Waals surface area contributed by atoms with Gasteiger partial charge in [0.15, 0.2) is 0 Å². The van der Waals surface area contributed by atoms with Crippen molar-refractivity contribution < 1.29 is 4.52 Å². The maximum atomic E-state index is 5.34. The monoisotopic (exact) mass is 354 g/mol. The van der Waals surface area contributed by atoms with Crippen LogP contribution in [-0.4, -0.2) is 6.61 Å². The molecule has 0 aliphatic rings. The molecule has 2 atom stereocenters. The highest BCUT2D eigenvalue weighted by Crippen LogP contribution is 2.21. The summed E-state index contributed by atoms with van der Waals surface area (Å²) in [6.45, 7) is 11.8. The van der Waals surface area contributed by atoms with E-state index in [1.807, 2.05) is 0 Å². The molecule has 0 bridgehead atoms. The standard InChI is InChI=1S/C20H36OP2/c1-17(2)9-6-10-18(3)11-7-12-19(4)13-8-14-20(5)15-16-21-23-22/h9,11,13,15,23H,6-8,10,12,14,16,22H2,1-5H3. The predicted molar refractivity (Wildman–Crippen MR) is 112 cm³/mol. The van der Waals surface area contributed by atoms with Gasteiger partial charge in [0.05, 0.1) is 6.61 Å². The largest absolute Gasteiger partial charge is 0.354 e. The summed E-state index contributed by atoms with van der Waals surface area (Å²) in [6, 6.07) is 0. The molecule has 132 valence electrons. The number of hydrogen-bond acceptors (Lipinski definition) is 1. The molecule has 3 heteroatoms. The molecule has 0 spiro atoms. The first-order valence-corrected chi connectivity index (χ1v) is 11.3. The molecule has 0 rings (SSSR count). The van der Waals surface area contributed by atoms with Crippen molar-refractivity contribution in [1.29, 1.82) is 0 Å². The van der Waals surface area contributed by atoms with E-state index >= 15 is 0 Å². The summed E-state index contributed by atoms with van der Waals surface area (Å²) in [5.41, 5.74) is 5.87. The van der Waals surface area contributed by atoms with Crippen LogP contribution in [0.4, 0.5) is 0 Å². The molecule has 0 radical (unpaired) electrons. The van der Waals surface area contributed by atoms with Crippen LogP contribution in [0.25, 0.3) is 0 Å². The number of allylic oxidation sites excluding steroid dienone is 7. The van der Waals surface area contributed by atoms with E-state index in [0.29, 0.717) is 8.50 Å². The third-order valence-corrected chi connectivity index (χ3v) is 4.59. The normalized spacial score (nSPS) is 13.9. The molecule has 0 aliphatic heterocycles. The van der Waals surface area contributed by atoms with E-state index in [2.05, 4.69) is 67.9 Å². The van der Waals surface area contributed by atoms with E-state index in [1.165, 1.54) is 48.0 Å². The van der Waals surface area contributed by atoms with Crippen molar-refractivity contribution in [3.8, 4) is 0 Å².